The second-order valence-corrected chi connectivity index (χ2v) is 11.0. The number of fused-ring (bicyclic) bond motifs is 2. The van der Waals surface area contributed by atoms with E-state index in [2.05, 4.69) is 34.2 Å². The van der Waals surface area contributed by atoms with Crippen molar-refractivity contribution in [1.29, 1.82) is 10.5 Å². The van der Waals surface area contributed by atoms with Gasteiger partial charge in [0.25, 0.3) is 5.56 Å². The molecule has 11 heteroatoms. The summed E-state index contributed by atoms with van der Waals surface area (Å²) in [6.45, 7) is 3.53. The third kappa shape index (κ3) is 5.22. The van der Waals surface area contributed by atoms with E-state index in [4.69, 9.17) is 18.9 Å². The molecule has 2 fully saturated rings. The predicted octanol–water partition coefficient (Wildman–Crippen LogP) is 3.12. The van der Waals surface area contributed by atoms with Crippen LogP contribution in [0.15, 0.2) is 35.1 Å². The number of aromatic nitrogens is 2. The summed E-state index contributed by atoms with van der Waals surface area (Å²) in [6, 6.07) is 14.0. The molecule has 6 rings (SSSR count). The number of ether oxygens (including phenoxy) is 4. The summed E-state index contributed by atoms with van der Waals surface area (Å²) in [5, 5.41) is 19.5. The molecule has 0 spiro atoms. The second kappa shape index (κ2) is 11.9. The molecule has 2 aromatic heterocycles. The molecule has 1 saturated carbocycles. The van der Waals surface area contributed by atoms with Gasteiger partial charge in [0.05, 0.1) is 37.1 Å². The molecule has 1 aliphatic carbocycles. The Morgan fingerprint density at radius 3 is 2.45 bits per heavy atom. The lowest BCUT2D eigenvalue weighted by Crippen LogP contribution is -2.48. The summed E-state index contributed by atoms with van der Waals surface area (Å²) in [7, 11) is 3.55. The molecule has 1 aromatic carbocycles. The highest BCUT2D eigenvalue weighted by molar-refractivity contribution is 5.92. The van der Waals surface area contributed by atoms with E-state index < -0.39 is 0 Å². The molecule has 0 amide bonds. The Bertz CT molecular complexity index is 1610. The first-order valence-corrected chi connectivity index (χ1v) is 14.4. The minimum atomic E-state index is -0.369. The highest BCUT2D eigenvalue weighted by Gasteiger charge is 2.33. The standard InChI is InChI=1S/C31H34N6O5/c1-35(30-25(17-33)31(38)36(2)26-9-3-20(16-32)34-29(26)30)21-4-6-22(7-5-21)37(18-24-19-39-11-12-40-24)23-8-10-27-28(15-23)42-14-13-41-27/h3,8-10,15,21-22,24H,4-7,11-14,18-19H2,1-2H3/t21-,22+,24?. The van der Waals surface area contributed by atoms with Crippen LogP contribution in [0.5, 0.6) is 11.5 Å². The molecule has 3 aromatic rings. The molecule has 2 aliphatic heterocycles. The van der Waals surface area contributed by atoms with Crippen molar-refractivity contribution in [2.45, 2.75) is 43.9 Å². The number of pyridine rings is 2. The van der Waals surface area contributed by atoms with Crippen LogP contribution in [0, 0.1) is 22.7 Å². The Hall–Kier alpha value is -4.32. The number of nitriles is 2. The lowest BCUT2D eigenvalue weighted by molar-refractivity contribution is -0.0846. The van der Waals surface area contributed by atoms with Gasteiger partial charge in [0.15, 0.2) is 11.5 Å². The van der Waals surface area contributed by atoms with Crippen LogP contribution in [0.3, 0.4) is 0 Å². The van der Waals surface area contributed by atoms with Gasteiger partial charge < -0.3 is 33.3 Å². The van der Waals surface area contributed by atoms with Gasteiger partial charge in [-0.2, -0.15) is 10.5 Å². The average Bonchev–Trinajstić information content (AvgIpc) is 3.05. The number of benzene rings is 1. The van der Waals surface area contributed by atoms with E-state index in [1.165, 1.54) is 4.57 Å². The second-order valence-electron chi connectivity index (χ2n) is 11.0. The number of nitrogens with zero attached hydrogens (tertiary/aromatic N) is 6. The van der Waals surface area contributed by atoms with Crippen LogP contribution < -0.4 is 24.8 Å². The Kier molecular flexibility index (Phi) is 7.88. The van der Waals surface area contributed by atoms with Crippen LogP contribution in [0.1, 0.15) is 36.9 Å². The maximum absolute atomic E-state index is 13.1. The number of hydrogen-bond donors (Lipinski definition) is 0. The fourth-order valence-electron chi connectivity index (χ4n) is 6.38. The van der Waals surface area contributed by atoms with Crippen molar-refractivity contribution < 1.29 is 18.9 Å². The first kappa shape index (κ1) is 27.8. The lowest BCUT2D eigenvalue weighted by atomic mass is 9.88. The van der Waals surface area contributed by atoms with Crippen LogP contribution in [0.4, 0.5) is 11.4 Å². The number of rotatable bonds is 6. The summed E-state index contributed by atoms with van der Waals surface area (Å²) >= 11 is 0. The summed E-state index contributed by atoms with van der Waals surface area (Å²) in [6.07, 6.45) is 3.47. The fraction of sp³-hybridized carbons (Fsp3) is 0.484. The van der Waals surface area contributed by atoms with Gasteiger partial charge >= 0.3 is 0 Å². The molecule has 4 heterocycles. The maximum atomic E-state index is 13.1. The molecule has 1 unspecified atom stereocenters. The van der Waals surface area contributed by atoms with Gasteiger partial charge in [-0.1, -0.05) is 0 Å². The van der Waals surface area contributed by atoms with Crippen LogP contribution >= 0.6 is 0 Å². The van der Waals surface area contributed by atoms with Crippen LogP contribution in [-0.4, -0.2) is 74.4 Å². The highest BCUT2D eigenvalue weighted by atomic mass is 16.6. The lowest BCUT2D eigenvalue weighted by Gasteiger charge is -2.43. The van der Waals surface area contributed by atoms with Gasteiger partial charge in [0.1, 0.15) is 42.1 Å². The summed E-state index contributed by atoms with van der Waals surface area (Å²) < 4.78 is 24.8. The third-order valence-corrected chi connectivity index (χ3v) is 8.59. The van der Waals surface area contributed by atoms with Crippen molar-refractivity contribution in [2.24, 2.45) is 7.05 Å². The van der Waals surface area contributed by atoms with E-state index >= 15 is 0 Å². The van der Waals surface area contributed by atoms with Gasteiger partial charge in [-0.25, -0.2) is 4.98 Å². The van der Waals surface area contributed by atoms with Crippen molar-refractivity contribution in [3.8, 4) is 23.6 Å². The van der Waals surface area contributed by atoms with E-state index in [-0.39, 0.29) is 35.0 Å². The van der Waals surface area contributed by atoms with E-state index in [1.807, 2.05) is 18.0 Å². The summed E-state index contributed by atoms with van der Waals surface area (Å²) in [4.78, 5) is 22.1. The van der Waals surface area contributed by atoms with E-state index in [1.54, 1.807) is 19.2 Å². The molecule has 1 saturated heterocycles. The zero-order valence-electron chi connectivity index (χ0n) is 23.9. The first-order valence-electron chi connectivity index (χ1n) is 14.4. The molecule has 11 nitrogen and oxygen atoms in total. The van der Waals surface area contributed by atoms with E-state index in [0.717, 1.165) is 42.9 Å². The van der Waals surface area contributed by atoms with Crippen LogP contribution in [-0.2, 0) is 16.5 Å². The van der Waals surface area contributed by atoms with Gasteiger partial charge in [-0.3, -0.25) is 4.79 Å². The van der Waals surface area contributed by atoms with Gasteiger partial charge in [0.2, 0.25) is 0 Å². The Balaban J connectivity index is 1.27. The first-order chi connectivity index (χ1) is 20.5. The Morgan fingerprint density at radius 2 is 1.74 bits per heavy atom. The summed E-state index contributed by atoms with van der Waals surface area (Å²) in [5.41, 5.74) is 2.55. The normalized spacial score (nSPS) is 21.8. The monoisotopic (exact) mass is 570 g/mol. The minimum absolute atomic E-state index is 0.0298. The van der Waals surface area contributed by atoms with Crippen molar-refractivity contribution in [2.75, 3.05) is 56.4 Å². The predicted molar refractivity (Wildman–Crippen MR) is 156 cm³/mol. The molecular weight excluding hydrogens is 536 g/mol. The van der Waals surface area contributed by atoms with Crippen LogP contribution in [0.2, 0.25) is 0 Å². The minimum Gasteiger partial charge on any atom is -0.486 e. The molecule has 0 radical (unpaired) electrons. The zero-order chi connectivity index (χ0) is 29.2. The van der Waals surface area contributed by atoms with E-state index in [0.29, 0.717) is 56.3 Å². The van der Waals surface area contributed by atoms with Crippen molar-refractivity contribution in [3.05, 3.63) is 51.9 Å². The molecule has 42 heavy (non-hydrogen) atoms. The third-order valence-electron chi connectivity index (χ3n) is 8.59. The quantitative estimate of drug-likeness (QED) is 0.436. The number of anilines is 2. The molecular formula is C31H34N6O5. The van der Waals surface area contributed by atoms with Crippen LogP contribution in [0.25, 0.3) is 11.0 Å². The smallest absolute Gasteiger partial charge is 0.270 e. The van der Waals surface area contributed by atoms with Crippen molar-refractivity contribution in [1.82, 2.24) is 9.55 Å². The van der Waals surface area contributed by atoms with E-state index in [9.17, 15) is 15.3 Å². The molecule has 0 bridgehead atoms. The SMILES string of the molecule is Cn1c(=O)c(C#N)c(N(C)[C@H]2CC[C@@H](N(CC3COCCO3)c3ccc4c(c3)OCCO4)CC2)c2nc(C#N)ccc21. The molecule has 218 valence electrons. The van der Waals surface area contributed by atoms with Gasteiger partial charge in [0, 0.05) is 44.5 Å². The molecule has 0 N–H and O–H groups in total. The number of hydrogen-bond acceptors (Lipinski definition) is 10. The highest BCUT2D eigenvalue weighted by Crippen LogP contribution is 2.38. The zero-order valence-corrected chi connectivity index (χ0v) is 23.9. The maximum Gasteiger partial charge on any atom is 0.270 e. The van der Waals surface area contributed by atoms with Gasteiger partial charge in [-0.15, -0.1) is 0 Å². The summed E-state index contributed by atoms with van der Waals surface area (Å²) in [5.74, 6) is 1.51. The van der Waals surface area contributed by atoms with Crippen molar-refractivity contribution >= 4 is 22.4 Å². The molecule has 3 aliphatic rings. The molecule has 1 atom stereocenters. The Morgan fingerprint density at radius 1 is 0.976 bits per heavy atom. The van der Waals surface area contributed by atoms with Crippen molar-refractivity contribution in [3.63, 3.8) is 0 Å². The fourth-order valence-corrected chi connectivity index (χ4v) is 6.38. The largest absolute Gasteiger partial charge is 0.486 e. The Labute approximate surface area is 244 Å². The topological polar surface area (TPSA) is 126 Å². The number of aryl methyl sites for hydroxylation is 1. The van der Waals surface area contributed by atoms with Gasteiger partial charge in [-0.05, 0) is 49.9 Å². The average molecular weight is 571 g/mol.